The first kappa shape index (κ1) is 39.0. The average molecular weight is 749 g/mol. The molecule has 2 aliphatic carbocycles. The fraction of sp³-hybridized carbons (Fsp3) is 0.368. The van der Waals surface area contributed by atoms with Gasteiger partial charge in [-0.25, -0.2) is 0 Å². The minimum Gasteiger partial charge on any atom is -0.352 e. The van der Waals surface area contributed by atoms with Gasteiger partial charge in [-0.1, -0.05) is 80.1 Å². The zero-order valence-corrected chi connectivity index (χ0v) is 29.2. The number of carbonyl (C=O) groups excluding carboxylic acids is 2. The van der Waals surface area contributed by atoms with Crippen molar-refractivity contribution in [2.75, 3.05) is 25.9 Å². The molecular weight excluding hydrogens is 709 g/mol. The molecule has 278 valence electrons. The standard InChI is InChI=1S/C38H39F6N2O5P/c1-25-13-18-30-29-10-4-5-12-32(29)36(33(30)23-25,35(48)46-24-37(39,40)41)19-6-7-22-52(49,50)51-21-8-20-45-34(47)31-11-3-2-9-28(31)26-14-16-27(17-15-26)38(42,43)44/h2-5,9-18,25H,6-8,19-24H2,1H3,(H,45,47)(H,46,48)(H,49,50). The van der Waals surface area contributed by atoms with E-state index in [1.165, 1.54) is 18.2 Å². The highest BCUT2D eigenvalue weighted by Gasteiger charge is 2.51. The van der Waals surface area contributed by atoms with Crippen molar-refractivity contribution in [2.24, 2.45) is 5.92 Å². The Bertz CT molecular complexity index is 1890. The van der Waals surface area contributed by atoms with Gasteiger partial charge in [0.25, 0.3) is 5.91 Å². The minimum atomic E-state index is -4.60. The van der Waals surface area contributed by atoms with Gasteiger partial charge in [0, 0.05) is 18.3 Å². The molecule has 0 aromatic heterocycles. The molecule has 3 N–H and O–H groups in total. The Hall–Kier alpha value is -4.19. The Labute approximate surface area is 297 Å². The van der Waals surface area contributed by atoms with Crippen molar-refractivity contribution >= 4 is 25.0 Å². The highest BCUT2D eigenvalue weighted by Crippen LogP contribution is 2.54. The van der Waals surface area contributed by atoms with Gasteiger partial charge in [0.15, 0.2) is 0 Å². The van der Waals surface area contributed by atoms with Crippen LogP contribution in [0.4, 0.5) is 26.3 Å². The summed E-state index contributed by atoms with van der Waals surface area (Å²) in [5.41, 5.74) is 1.91. The summed E-state index contributed by atoms with van der Waals surface area (Å²) in [6.07, 6.45) is -4.20. The maximum atomic E-state index is 13.7. The molecule has 2 amide bonds. The van der Waals surface area contributed by atoms with Crippen molar-refractivity contribution in [1.82, 2.24) is 10.6 Å². The van der Waals surface area contributed by atoms with Crippen LogP contribution in [0.15, 0.2) is 90.5 Å². The molecule has 14 heteroatoms. The summed E-state index contributed by atoms with van der Waals surface area (Å²) in [6.45, 7) is 0.413. The average Bonchev–Trinajstić information content (AvgIpc) is 3.37. The second-order valence-electron chi connectivity index (χ2n) is 13.1. The van der Waals surface area contributed by atoms with E-state index in [0.717, 1.165) is 28.8 Å². The summed E-state index contributed by atoms with van der Waals surface area (Å²) >= 11 is 0. The van der Waals surface area contributed by atoms with E-state index in [2.05, 4.69) is 10.6 Å². The van der Waals surface area contributed by atoms with Crippen LogP contribution in [0.3, 0.4) is 0 Å². The summed E-state index contributed by atoms with van der Waals surface area (Å²) in [5, 5.41) is 4.80. The van der Waals surface area contributed by atoms with Gasteiger partial charge in [-0.2, -0.15) is 26.3 Å². The Kier molecular flexibility index (Phi) is 11.9. The number of nitrogens with one attached hydrogen (secondary N) is 2. The lowest BCUT2D eigenvalue weighted by atomic mass is 9.69. The molecule has 0 heterocycles. The number of fused-ring (bicyclic) bond motifs is 2. The molecule has 0 fully saturated rings. The summed E-state index contributed by atoms with van der Waals surface area (Å²) in [4.78, 5) is 37.2. The van der Waals surface area contributed by atoms with E-state index in [4.69, 9.17) is 4.52 Å². The zero-order chi connectivity index (χ0) is 37.7. The van der Waals surface area contributed by atoms with Crippen LogP contribution >= 0.6 is 7.60 Å². The lowest BCUT2D eigenvalue weighted by Gasteiger charge is -2.35. The van der Waals surface area contributed by atoms with Crippen molar-refractivity contribution in [1.29, 1.82) is 0 Å². The Morgan fingerprint density at radius 2 is 1.58 bits per heavy atom. The SMILES string of the molecule is CC1C=CC2=C(C1)C(CCCCP(=O)(O)OCCCNC(=O)c1ccccc1-c1ccc(C(F)(F)F)cc1)(C(=O)NCC(F)(F)F)c1ccccc12. The maximum absolute atomic E-state index is 13.7. The number of carbonyl (C=O) groups is 2. The van der Waals surface area contributed by atoms with E-state index in [1.54, 1.807) is 30.3 Å². The van der Waals surface area contributed by atoms with Crippen molar-refractivity contribution in [3.05, 3.63) is 113 Å². The summed E-state index contributed by atoms with van der Waals surface area (Å²) in [6, 6.07) is 18.1. The highest BCUT2D eigenvalue weighted by molar-refractivity contribution is 7.52. The van der Waals surface area contributed by atoms with Gasteiger partial charge in [0.1, 0.15) is 6.54 Å². The maximum Gasteiger partial charge on any atom is 0.416 e. The van der Waals surface area contributed by atoms with Crippen molar-refractivity contribution in [3.63, 3.8) is 0 Å². The topological polar surface area (TPSA) is 105 Å². The molecule has 2 aliphatic rings. The first-order chi connectivity index (χ1) is 24.5. The number of hydrogen-bond acceptors (Lipinski definition) is 4. The largest absolute Gasteiger partial charge is 0.416 e. The molecule has 0 saturated carbocycles. The number of hydrogen-bond donors (Lipinski definition) is 3. The predicted molar refractivity (Wildman–Crippen MR) is 185 cm³/mol. The van der Waals surface area contributed by atoms with E-state index in [0.29, 0.717) is 23.1 Å². The van der Waals surface area contributed by atoms with Gasteiger partial charge >= 0.3 is 19.9 Å². The van der Waals surface area contributed by atoms with Crippen molar-refractivity contribution in [3.8, 4) is 11.1 Å². The lowest BCUT2D eigenvalue weighted by molar-refractivity contribution is -0.141. The van der Waals surface area contributed by atoms with Crippen LogP contribution in [0, 0.1) is 5.92 Å². The molecule has 5 rings (SSSR count). The number of halogens is 6. The third-order valence-corrected chi connectivity index (χ3v) is 10.8. The van der Waals surface area contributed by atoms with Gasteiger partial charge in [-0.15, -0.1) is 0 Å². The monoisotopic (exact) mass is 748 g/mol. The van der Waals surface area contributed by atoms with Crippen LogP contribution in [-0.4, -0.2) is 48.7 Å². The molecule has 3 atom stereocenters. The normalized spacial score (nSPS) is 19.5. The lowest BCUT2D eigenvalue weighted by Crippen LogP contribution is -2.48. The second kappa shape index (κ2) is 15.8. The smallest absolute Gasteiger partial charge is 0.352 e. The van der Waals surface area contributed by atoms with Crippen LogP contribution in [0.2, 0.25) is 0 Å². The Morgan fingerprint density at radius 3 is 2.27 bits per heavy atom. The van der Waals surface area contributed by atoms with Crippen LogP contribution in [0.25, 0.3) is 16.7 Å². The van der Waals surface area contributed by atoms with E-state index >= 15 is 0 Å². The highest BCUT2D eigenvalue weighted by atomic mass is 31.2. The van der Waals surface area contributed by atoms with E-state index in [-0.39, 0.29) is 56.5 Å². The molecule has 3 aromatic rings. The Balaban J connectivity index is 1.15. The fourth-order valence-corrected chi connectivity index (χ4v) is 8.04. The van der Waals surface area contributed by atoms with Gasteiger partial charge in [-0.05, 0) is 83.2 Å². The van der Waals surface area contributed by atoms with E-state index in [1.807, 2.05) is 31.2 Å². The molecule has 3 aromatic carbocycles. The van der Waals surface area contributed by atoms with Crippen LogP contribution in [0.5, 0.6) is 0 Å². The summed E-state index contributed by atoms with van der Waals surface area (Å²) < 4.78 is 96.7. The molecule has 0 spiro atoms. The van der Waals surface area contributed by atoms with E-state index < -0.39 is 49.3 Å². The third kappa shape index (κ3) is 9.05. The third-order valence-electron chi connectivity index (χ3n) is 9.31. The fourth-order valence-electron chi connectivity index (χ4n) is 6.87. The number of benzene rings is 3. The van der Waals surface area contributed by atoms with Gasteiger partial charge in [0.2, 0.25) is 5.91 Å². The molecule has 7 nitrogen and oxygen atoms in total. The quantitative estimate of drug-likeness (QED) is 0.0869. The molecule has 3 unspecified atom stereocenters. The van der Waals surface area contributed by atoms with Crippen LogP contribution in [-0.2, 0) is 25.5 Å². The van der Waals surface area contributed by atoms with E-state index in [9.17, 15) is 45.4 Å². The number of allylic oxidation sites excluding steroid dienone is 3. The van der Waals surface area contributed by atoms with Crippen molar-refractivity contribution < 1.29 is 49.9 Å². The molecular formula is C38H39F6N2O5P. The zero-order valence-electron chi connectivity index (χ0n) is 28.3. The second-order valence-corrected chi connectivity index (χ2v) is 15.0. The number of unbranched alkanes of at least 4 members (excludes halogenated alkanes) is 1. The van der Waals surface area contributed by atoms with Gasteiger partial charge in [0.05, 0.1) is 17.6 Å². The van der Waals surface area contributed by atoms with Crippen molar-refractivity contribution in [2.45, 2.75) is 56.8 Å². The predicted octanol–water partition coefficient (Wildman–Crippen LogP) is 8.84. The molecule has 0 aliphatic heterocycles. The number of amides is 2. The molecule has 0 bridgehead atoms. The first-order valence-corrected chi connectivity index (χ1v) is 18.7. The van der Waals surface area contributed by atoms with Gasteiger partial charge < -0.3 is 20.1 Å². The minimum absolute atomic E-state index is 0.0625. The summed E-state index contributed by atoms with van der Waals surface area (Å²) in [5.74, 6) is -1.17. The summed E-state index contributed by atoms with van der Waals surface area (Å²) in [7, 11) is -4.09. The van der Waals surface area contributed by atoms with Gasteiger partial charge in [-0.3, -0.25) is 14.2 Å². The van der Waals surface area contributed by atoms with Crippen LogP contribution in [0.1, 0.15) is 66.1 Å². The number of rotatable bonds is 14. The molecule has 0 radical (unpaired) electrons. The molecule has 52 heavy (non-hydrogen) atoms. The first-order valence-electron chi connectivity index (χ1n) is 16.9. The van der Waals surface area contributed by atoms with Crippen LogP contribution < -0.4 is 10.6 Å². The Morgan fingerprint density at radius 1 is 0.904 bits per heavy atom. The number of alkyl halides is 6. The molecule has 0 saturated heterocycles.